The highest BCUT2D eigenvalue weighted by molar-refractivity contribution is 6.39. The molecular formula is C21H26N4O3. The summed E-state index contributed by atoms with van der Waals surface area (Å²) in [5.74, 6) is -0.411. The lowest BCUT2D eigenvalue weighted by molar-refractivity contribution is -0.136. The third-order valence-electron chi connectivity index (χ3n) is 4.93. The van der Waals surface area contributed by atoms with Gasteiger partial charge in [0, 0.05) is 19.3 Å². The van der Waals surface area contributed by atoms with Crippen molar-refractivity contribution in [3.05, 3.63) is 54.4 Å². The Hall–Kier alpha value is -2.93. The van der Waals surface area contributed by atoms with Gasteiger partial charge in [-0.25, -0.2) is 0 Å². The second kappa shape index (κ2) is 9.85. The van der Waals surface area contributed by atoms with Crippen LogP contribution in [0.5, 0.6) is 5.75 Å². The number of pyridine rings is 1. The van der Waals surface area contributed by atoms with E-state index in [4.69, 9.17) is 4.74 Å². The summed E-state index contributed by atoms with van der Waals surface area (Å²) in [5.41, 5.74) is 1.55. The zero-order chi connectivity index (χ0) is 19.8. The first-order chi connectivity index (χ1) is 13.7. The van der Waals surface area contributed by atoms with Crippen LogP contribution in [-0.4, -0.2) is 48.4 Å². The predicted octanol–water partition coefficient (Wildman–Crippen LogP) is 2.06. The number of para-hydroxylation sites is 2. The average Bonchev–Trinajstić information content (AvgIpc) is 2.74. The molecule has 2 heterocycles. The molecule has 0 aliphatic carbocycles. The van der Waals surface area contributed by atoms with E-state index in [9.17, 15) is 9.59 Å². The molecule has 0 unspecified atom stereocenters. The molecule has 2 aromatic rings. The Kier molecular flexibility index (Phi) is 6.97. The van der Waals surface area contributed by atoms with E-state index in [1.807, 2.05) is 24.4 Å². The standard InChI is InChI=1S/C21H26N4O3/c1-28-19-8-3-2-7-18(19)24-21(27)20(26)23-14-16-9-12-25(13-10-16)15-17-6-4-5-11-22-17/h2-8,11,16H,9-10,12-15H2,1H3,(H,23,26)(H,24,27). The van der Waals surface area contributed by atoms with Gasteiger partial charge in [0.25, 0.3) is 0 Å². The molecule has 1 aromatic carbocycles. The highest BCUT2D eigenvalue weighted by Gasteiger charge is 2.22. The Morgan fingerprint density at radius 2 is 1.86 bits per heavy atom. The molecule has 1 aromatic heterocycles. The monoisotopic (exact) mass is 382 g/mol. The van der Waals surface area contributed by atoms with E-state index in [2.05, 4.69) is 20.5 Å². The minimum absolute atomic E-state index is 0.378. The van der Waals surface area contributed by atoms with Crippen LogP contribution in [0.3, 0.4) is 0 Å². The molecule has 1 aliphatic heterocycles. The molecule has 1 aliphatic rings. The molecule has 0 radical (unpaired) electrons. The lowest BCUT2D eigenvalue weighted by Gasteiger charge is -2.31. The van der Waals surface area contributed by atoms with Crippen LogP contribution in [0.25, 0.3) is 0 Å². The summed E-state index contributed by atoms with van der Waals surface area (Å²) < 4.78 is 5.18. The van der Waals surface area contributed by atoms with Gasteiger partial charge in [-0.15, -0.1) is 0 Å². The maximum absolute atomic E-state index is 12.1. The van der Waals surface area contributed by atoms with Crippen LogP contribution in [0.4, 0.5) is 5.69 Å². The van der Waals surface area contributed by atoms with E-state index >= 15 is 0 Å². The second-order valence-electron chi connectivity index (χ2n) is 6.91. The van der Waals surface area contributed by atoms with Crippen LogP contribution in [0, 0.1) is 5.92 Å². The number of aromatic nitrogens is 1. The highest BCUT2D eigenvalue weighted by Crippen LogP contribution is 2.23. The SMILES string of the molecule is COc1ccccc1NC(=O)C(=O)NCC1CCN(Cc2ccccn2)CC1. The molecule has 0 saturated carbocycles. The van der Waals surface area contributed by atoms with Crippen LogP contribution in [-0.2, 0) is 16.1 Å². The molecule has 1 fully saturated rings. The van der Waals surface area contributed by atoms with Crippen molar-refractivity contribution in [1.82, 2.24) is 15.2 Å². The van der Waals surface area contributed by atoms with Gasteiger partial charge in [-0.05, 0) is 56.1 Å². The summed E-state index contributed by atoms with van der Waals surface area (Å²) in [6.45, 7) is 3.28. The summed E-state index contributed by atoms with van der Waals surface area (Å²) >= 11 is 0. The Bertz CT molecular complexity index is 789. The van der Waals surface area contributed by atoms with Crippen LogP contribution in [0.1, 0.15) is 18.5 Å². The summed E-state index contributed by atoms with van der Waals surface area (Å²) in [7, 11) is 1.52. The number of nitrogens with one attached hydrogen (secondary N) is 2. The van der Waals surface area contributed by atoms with Crippen molar-refractivity contribution in [3.63, 3.8) is 0 Å². The minimum Gasteiger partial charge on any atom is -0.495 e. The zero-order valence-electron chi connectivity index (χ0n) is 16.1. The Balaban J connectivity index is 1.40. The first-order valence-electron chi connectivity index (χ1n) is 9.50. The number of ether oxygens (including phenoxy) is 1. The van der Waals surface area contributed by atoms with Crippen molar-refractivity contribution in [2.75, 3.05) is 32.1 Å². The molecule has 7 heteroatoms. The number of rotatable bonds is 6. The number of benzene rings is 1. The number of nitrogens with zero attached hydrogens (tertiary/aromatic N) is 2. The van der Waals surface area contributed by atoms with Gasteiger partial charge in [-0.2, -0.15) is 0 Å². The summed E-state index contributed by atoms with van der Waals surface area (Å²) in [6.07, 6.45) is 3.79. The van der Waals surface area contributed by atoms with Crippen molar-refractivity contribution in [2.45, 2.75) is 19.4 Å². The number of carbonyl (C=O) groups excluding carboxylic acids is 2. The van der Waals surface area contributed by atoms with Crippen LogP contribution in [0.15, 0.2) is 48.7 Å². The van der Waals surface area contributed by atoms with Crippen LogP contribution < -0.4 is 15.4 Å². The van der Waals surface area contributed by atoms with E-state index < -0.39 is 11.8 Å². The van der Waals surface area contributed by atoms with Gasteiger partial charge in [-0.3, -0.25) is 19.5 Å². The first-order valence-corrected chi connectivity index (χ1v) is 9.50. The minimum atomic E-state index is -0.683. The van der Waals surface area contributed by atoms with Gasteiger partial charge in [0.1, 0.15) is 5.75 Å². The predicted molar refractivity (Wildman–Crippen MR) is 107 cm³/mol. The molecule has 1 saturated heterocycles. The van der Waals surface area contributed by atoms with Gasteiger partial charge in [0.2, 0.25) is 0 Å². The molecule has 3 rings (SSSR count). The summed E-state index contributed by atoms with van der Waals surface area (Å²) in [6, 6.07) is 13.0. The fourth-order valence-electron chi connectivity index (χ4n) is 3.31. The van der Waals surface area contributed by atoms with E-state index in [1.165, 1.54) is 7.11 Å². The Labute approximate surface area is 165 Å². The molecule has 0 atom stereocenters. The van der Waals surface area contributed by atoms with Crippen molar-refractivity contribution >= 4 is 17.5 Å². The third-order valence-corrected chi connectivity index (χ3v) is 4.93. The number of piperidine rings is 1. The van der Waals surface area contributed by atoms with Crippen molar-refractivity contribution in [3.8, 4) is 5.75 Å². The molecule has 28 heavy (non-hydrogen) atoms. The zero-order valence-corrected chi connectivity index (χ0v) is 16.1. The van der Waals surface area contributed by atoms with Crippen molar-refractivity contribution < 1.29 is 14.3 Å². The fourth-order valence-corrected chi connectivity index (χ4v) is 3.31. The molecule has 0 spiro atoms. The number of anilines is 1. The lowest BCUT2D eigenvalue weighted by Crippen LogP contribution is -2.41. The number of carbonyl (C=O) groups is 2. The van der Waals surface area contributed by atoms with E-state index in [0.717, 1.165) is 38.2 Å². The molecular weight excluding hydrogens is 356 g/mol. The average molecular weight is 382 g/mol. The molecule has 2 amide bonds. The van der Waals surface area contributed by atoms with E-state index in [1.54, 1.807) is 24.3 Å². The third kappa shape index (κ3) is 5.53. The Morgan fingerprint density at radius 1 is 1.11 bits per heavy atom. The normalized spacial score (nSPS) is 15.0. The largest absolute Gasteiger partial charge is 0.495 e. The number of likely N-dealkylation sites (tertiary alicyclic amines) is 1. The number of amides is 2. The highest BCUT2D eigenvalue weighted by atomic mass is 16.5. The fraction of sp³-hybridized carbons (Fsp3) is 0.381. The Morgan fingerprint density at radius 3 is 2.57 bits per heavy atom. The molecule has 2 N–H and O–H groups in total. The topological polar surface area (TPSA) is 83.6 Å². The van der Waals surface area contributed by atoms with Gasteiger partial charge in [-0.1, -0.05) is 18.2 Å². The van der Waals surface area contributed by atoms with Gasteiger partial charge in [0.05, 0.1) is 18.5 Å². The van der Waals surface area contributed by atoms with Gasteiger partial charge >= 0.3 is 11.8 Å². The smallest absolute Gasteiger partial charge is 0.313 e. The second-order valence-corrected chi connectivity index (χ2v) is 6.91. The molecule has 148 valence electrons. The molecule has 7 nitrogen and oxygen atoms in total. The number of hydrogen-bond acceptors (Lipinski definition) is 5. The number of hydrogen-bond donors (Lipinski definition) is 2. The maximum Gasteiger partial charge on any atom is 0.313 e. The van der Waals surface area contributed by atoms with Crippen LogP contribution in [0.2, 0.25) is 0 Å². The van der Waals surface area contributed by atoms with E-state index in [0.29, 0.717) is 23.9 Å². The summed E-state index contributed by atoms with van der Waals surface area (Å²) in [4.78, 5) is 31.0. The number of methoxy groups -OCH3 is 1. The van der Waals surface area contributed by atoms with Crippen molar-refractivity contribution in [2.24, 2.45) is 5.92 Å². The first kappa shape index (κ1) is 19.8. The summed E-state index contributed by atoms with van der Waals surface area (Å²) in [5, 5.41) is 5.34. The molecule has 0 bridgehead atoms. The maximum atomic E-state index is 12.1. The van der Waals surface area contributed by atoms with Gasteiger partial charge < -0.3 is 15.4 Å². The lowest BCUT2D eigenvalue weighted by atomic mass is 9.96. The van der Waals surface area contributed by atoms with E-state index in [-0.39, 0.29) is 0 Å². The quantitative estimate of drug-likeness (QED) is 0.747. The van der Waals surface area contributed by atoms with Crippen LogP contribution >= 0.6 is 0 Å². The van der Waals surface area contributed by atoms with Gasteiger partial charge in [0.15, 0.2) is 0 Å². The van der Waals surface area contributed by atoms with Crippen molar-refractivity contribution in [1.29, 1.82) is 0 Å².